The highest BCUT2D eigenvalue weighted by molar-refractivity contribution is 8.00. The smallest absolute Gasteiger partial charge is 0.272 e. The maximum atomic E-state index is 14.6. The molecule has 3 amide bonds. The van der Waals surface area contributed by atoms with Crippen LogP contribution in [0.1, 0.15) is 32.3 Å². The SMILES string of the molecule is Cc1ccc(Cl)cc1NC(=O)C(Sc1ccc(NC(=O)/C(=C/c2c(F)cccc2Cl)NC(=O)c2ccccc2)cc1)c1ccccc1. The zero-order valence-corrected chi connectivity index (χ0v) is 27.3. The van der Waals surface area contributed by atoms with Crippen molar-refractivity contribution in [1.29, 1.82) is 0 Å². The molecule has 0 saturated heterocycles. The number of benzene rings is 5. The molecule has 1 unspecified atom stereocenters. The van der Waals surface area contributed by atoms with Gasteiger partial charge in [0.15, 0.2) is 0 Å². The average Bonchev–Trinajstić information content (AvgIpc) is 3.07. The zero-order valence-electron chi connectivity index (χ0n) is 25.0. The lowest BCUT2D eigenvalue weighted by atomic mass is 10.1. The van der Waals surface area contributed by atoms with E-state index in [-0.39, 0.29) is 22.2 Å². The summed E-state index contributed by atoms with van der Waals surface area (Å²) in [6.45, 7) is 1.89. The van der Waals surface area contributed by atoms with Crippen LogP contribution >= 0.6 is 35.0 Å². The van der Waals surface area contributed by atoms with Crippen molar-refractivity contribution >= 4 is 70.1 Å². The molecule has 10 heteroatoms. The molecule has 0 heterocycles. The number of hydrogen-bond donors (Lipinski definition) is 3. The van der Waals surface area contributed by atoms with Gasteiger partial charge in [0.1, 0.15) is 16.8 Å². The molecular weight excluding hydrogens is 656 g/mol. The molecule has 3 N–H and O–H groups in total. The molecule has 236 valence electrons. The van der Waals surface area contributed by atoms with E-state index in [2.05, 4.69) is 16.0 Å². The molecule has 0 aliphatic carbocycles. The van der Waals surface area contributed by atoms with Crippen LogP contribution in [-0.4, -0.2) is 17.7 Å². The average molecular weight is 685 g/mol. The minimum absolute atomic E-state index is 0.0439. The van der Waals surface area contributed by atoms with Crippen LogP contribution in [0.2, 0.25) is 10.0 Å². The van der Waals surface area contributed by atoms with Crippen LogP contribution in [-0.2, 0) is 9.59 Å². The van der Waals surface area contributed by atoms with Gasteiger partial charge in [-0.1, -0.05) is 83.9 Å². The van der Waals surface area contributed by atoms with Crippen molar-refractivity contribution in [1.82, 2.24) is 5.32 Å². The van der Waals surface area contributed by atoms with E-state index in [9.17, 15) is 18.8 Å². The van der Waals surface area contributed by atoms with Gasteiger partial charge in [-0.2, -0.15) is 0 Å². The van der Waals surface area contributed by atoms with Crippen molar-refractivity contribution in [2.75, 3.05) is 10.6 Å². The molecule has 0 aromatic heterocycles. The van der Waals surface area contributed by atoms with Gasteiger partial charge in [0, 0.05) is 32.4 Å². The van der Waals surface area contributed by atoms with Gasteiger partial charge in [-0.15, -0.1) is 11.8 Å². The van der Waals surface area contributed by atoms with E-state index in [4.69, 9.17) is 23.2 Å². The standard InChI is InChI=1S/C37H28Cl2FN3O3S/c1-23-15-16-26(38)21-32(23)42-37(46)34(24-9-4-2-5-10-24)47-28-19-17-27(18-20-28)41-36(45)33(22-29-30(39)13-8-14-31(29)40)43-35(44)25-11-6-3-7-12-25/h2-22,34H,1H3,(H,41,45)(H,42,46)(H,43,44)/b33-22-. The first-order valence-electron chi connectivity index (χ1n) is 14.4. The number of carbonyl (C=O) groups is 3. The lowest BCUT2D eigenvalue weighted by molar-refractivity contribution is -0.116. The fourth-order valence-corrected chi connectivity index (χ4v) is 5.93. The maximum absolute atomic E-state index is 14.6. The maximum Gasteiger partial charge on any atom is 0.272 e. The Balaban J connectivity index is 1.35. The van der Waals surface area contributed by atoms with Crippen LogP contribution in [0.3, 0.4) is 0 Å². The molecule has 0 aliphatic rings. The molecule has 5 aromatic carbocycles. The van der Waals surface area contributed by atoms with Gasteiger partial charge in [0.2, 0.25) is 5.91 Å². The monoisotopic (exact) mass is 683 g/mol. The lowest BCUT2D eigenvalue weighted by Crippen LogP contribution is -2.30. The van der Waals surface area contributed by atoms with E-state index in [1.54, 1.807) is 66.7 Å². The normalized spacial score (nSPS) is 11.8. The number of halogens is 3. The molecule has 0 spiro atoms. The summed E-state index contributed by atoms with van der Waals surface area (Å²) in [7, 11) is 0. The number of aryl methyl sites for hydroxylation is 1. The van der Waals surface area contributed by atoms with Crippen LogP contribution in [0, 0.1) is 12.7 Å². The largest absolute Gasteiger partial charge is 0.325 e. The summed E-state index contributed by atoms with van der Waals surface area (Å²) in [6.07, 6.45) is 1.20. The minimum Gasteiger partial charge on any atom is -0.325 e. The third-order valence-corrected chi connectivity index (χ3v) is 8.81. The Labute approximate surface area is 286 Å². The molecule has 0 radical (unpaired) electrons. The molecule has 0 saturated carbocycles. The predicted octanol–water partition coefficient (Wildman–Crippen LogP) is 9.32. The summed E-state index contributed by atoms with van der Waals surface area (Å²) in [6, 6.07) is 34.1. The Bertz CT molecular complexity index is 1920. The first-order chi connectivity index (χ1) is 22.7. The quantitative estimate of drug-likeness (QED) is 0.101. The third-order valence-electron chi connectivity index (χ3n) is 6.98. The number of carbonyl (C=O) groups excluding carboxylic acids is 3. The Morgan fingerprint density at radius 1 is 0.787 bits per heavy atom. The van der Waals surface area contributed by atoms with Gasteiger partial charge in [-0.3, -0.25) is 14.4 Å². The second-order valence-corrected chi connectivity index (χ2v) is 12.4. The molecule has 0 bridgehead atoms. The first-order valence-corrected chi connectivity index (χ1v) is 16.0. The van der Waals surface area contributed by atoms with Gasteiger partial charge in [0.05, 0.1) is 5.02 Å². The number of thioether (sulfide) groups is 1. The fraction of sp³-hybridized carbons (Fsp3) is 0.0541. The molecule has 0 fully saturated rings. The van der Waals surface area contributed by atoms with Crippen molar-refractivity contribution < 1.29 is 18.8 Å². The number of hydrogen-bond acceptors (Lipinski definition) is 4. The van der Waals surface area contributed by atoms with E-state index >= 15 is 0 Å². The van der Waals surface area contributed by atoms with Gasteiger partial charge < -0.3 is 16.0 Å². The molecule has 1 atom stereocenters. The highest BCUT2D eigenvalue weighted by atomic mass is 35.5. The van der Waals surface area contributed by atoms with Crippen LogP contribution in [0.15, 0.2) is 132 Å². The van der Waals surface area contributed by atoms with Gasteiger partial charge in [-0.05, 0) is 84.8 Å². The van der Waals surface area contributed by atoms with Crippen LogP contribution in [0.5, 0.6) is 0 Å². The molecule has 47 heavy (non-hydrogen) atoms. The first kappa shape index (κ1) is 33.5. The molecule has 0 aliphatic heterocycles. The Kier molecular flexibility index (Phi) is 11.1. The second-order valence-electron chi connectivity index (χ2n) is 10.3. The third kappa shape index (κ3) is 8.89. The highest BCUT2D eigenvalue weighted by Crippen LogP contribution is 2.37. The number of amides is 3. The van der Waals surface area contributed by atoms with Gasteiger partial charge in [-0.25, -0.2) is 4.39 Å². The topological polar surface area (TPSA) is 87.3 Å². The van der Waals surface area contributed by atoms with Gasteiger partial charge >= 0.3 is 0 Å². The van der Waals surface area contributed by atoms with E-state index in [0.717, 1.165) is 16.0 Å². The van der Waals surface area contributed by atoms with Crippen molar-refractivity contribution in [3.63, 3.8) is 0 Å². The Morgan fingerprint density at radius 3 is 2.15 bits per heavy atom. The van der Waals surface area contributed by atoms with Crippen LogP contribution in [0.25, 0.3) is 6.08 Å². The number of rotatable bonds is 10. The van der Waals surface area contributed by atoms with Crippen molar-refractivity contribution in [3.05, 3.63) is 165 Å². The molecule has 5 rings (SSSR count). The molecular formula is C37H28Cl2FN3O3S. The Hall–Kier alpha value is -4.89. The van der Waals surface area contributed by atoms with E-state index in [1.165, 1.54) is 36.0 Å². The highest BCUT2D eigenvalue weighted by Gasteiger charge is 2.23. The lowest BCUT2D eigenvalue weighted by Gasteiger charge is -2.18. The summed E-state index contributed by atoms with van der Waals surface area (Å²) < 4.78 is 14.6. The Morgan fingerprint density at radius 2 is 1.47 bits per heavy atom. The summed E-state index contributed by atoms with van der Waals surface area (Å²) >= 11 is 13.7. The summed E-state index contributed by atoms with van der Waals surface area (Å²) in [5.74, 6) is -2.11. The zero-order chi connectivity index (χ0) is 33.3. The fourth-order valence-electron chi connectivity index (χ4n) is 4.51. The summed E-state index contributed by atoms with van der Waals surface area (Å²) in [5.41, 5.74) is 2.79. The molecule has 5 aromatic rings. The summed E-state index contributed by atoms with van der Waals surface area (Å²) in [5, 5.41) is 8.32. The van der Waals surface area contributed by atoms with Crippen LogP contribution in [0.4, 0.5) is 15.8 Å². The minimum atomic E-state index is -0.688. The van der Waals surface area contributed by atoms with Crippen molar-refractivity contribution in [2.45, 2.75) is 17.1 Å². The van der Waals surface area contributed by atoms with Crippen molar-refractivity contribution in [3.8, 4) is 0 Å². The van der Waals surface area contributed by atoms with E-state index in [0.29, 0.717) is 22.0 Å². The van der Waals surface area contributed by atoms with Gasteiger partial charge in [0.25, 0.3) is 11.8 Å². The number of anilines is 2. The summed E-state index contributed by atoms with van der Waals surface area (Å²) in [4.78, 5) is 40.7. The van der Waals surface area contributed by atoms with Crippen LogP contribution < -0.4 is 16.0 Å². The van der Waals surface area contributed by atoms with E-state index < -0.39 is 22.9 Å². The second kappa shape index (κ2) is 15.6. The number of nitrogens with one attached hydrogen (secondary N) is 3. The molecule has 6 nitrogen and oxygen atoms in total. The van der Waals surface area contributed by atoms with E-state index in [1.807, 2.05) is 43.3 Å². The predicted molar refractivity (Wildman–Crippen MR) is 188 cm³/mol. The van der Waals surface area contributed by atoms with Crippen molar-refractivity contribution in [2.24, 2.45) is 0 Å².